The highest BCUT2D eigenvalue weighted by Crippen LogP contribution is 2.19. The smallest absolute Gasteiger partial charge is 0.137 e. The molecule has 0 unspecified atom stereocenters. The quantitative estimate of drug-likeness (QED) is 0.642. The van der Waals surface area contributed by atoms with Gasteiger partial charge in [-0.05, 0) is 25.0 Å². The number of aromatic nitrogens is 2. The number of anilines is 1. The third kappa shape index (κ3) is 3.29. The van der Waals surface area contributed by atoms with Crippen molar-refractivity contribution in [3.8, 4) is 0 Å². The number of unbranched alkanes of at least 4 members (excludes halogenated alkanes) is 2. The van der Waals surface area contributed by atoms with Crippen molar-refractivity contribution >= 4 is 28.3 Å². The fourth-order valence-electron chi connectivity index (χ4n) is 1.77. The van der Waals surface area contributed by atoms with Crippen LogP contribution in [0.3, 0.4) is 0 Å². The standard InChI is InChI=1S/C13H15ClFN3/c14-6-2-1-3-7-16-13-11-5-4-10(15)8-12(11)17-9-18-13/h4-5,8-9H,1-3,6-7H2,(H,16,17,18). The van der Waals surface area contributed by atoms with Gasteiger partial charge in [0.25, 0.3) is 0 Å². The van der Waals surface area contributed by atoms with E-state index in [-0.39, 0.29) is 5.82 Å². The van der Waals surface area contributed by atoms with Crippen molar-refractivity contribution in [3.05, 3.63) is 30.3 Å². The summed E-state index contributed by atoms with van der Waals surface area (Å²) < 4.78 is 13.1. The van der Waals surface area contributed by atoms with Crippen molar-refractivity contribution in [2.45, 2.75) is 19.3 Å². The zero-order chi connectivity index (χ0) is 12.8. The Labute approximate surface area is 110 Å². The molecular weight excluding hydrogens is 253 g/mol. The molecule has 0 spiro atoms. The van der Waals surface area contributed by atoms with Crippen LogP contribution in [0.15, 0.2) is 24.5 Å². The van der Waals surface area contributed by atoms with E-state index in [9.17, 15) is 4.39 Å². The van der Waals surface area contributed by atoms with Gasteiger partial charge in [0.2, 0.25) is 0 Å². The second kappa shape index (κ2) is 6.50. The van der Waals surface area contributed by atoms with E-state index >= 15 is 0 Å². The lowest BCUT2D eigenvalue weighted by Crippen LogP contribution is -2.04. The van der Waals surface area contributed by atoms with Crippen LogP contribution in [-0.2, 0) is 0 Å². The second-order valence-corrected chi connectivity index (χ2v) is 4.44. The lowest BCUT2D eigenvalue weighted by molar-refractivity contribution is 0.629. The van der Waals surface area contributed by atoms with Crippen molar-refractivity contribution in [3.63, 3.8) is 0 Å². The fourth-order valence-corrected chi connectivity index (χ4v) is 1.96. The van der Waals surface area contributed by atoms with E-state index in [2.05, 4.69) is 15.3 Å². The molecular formula is C13H15ClFN3. The molecule has 2 aromatic rings. The first kappa shape index (κ1) is 13.0. The van der Waals surface area contributed by atoms with Crippen molar-refractivity contribution in [1.29, 1.82) is 0 Å². The molecule has 1 aromatic carbocycles. The lowest BCUT2D eigenvalue weighted by Gasteiger charge is -2.07. The molecule has 0 amide bonds. The Kier molecular flexibility index (Phi) is 4.70. The SMILES string of the molecule is Fc1ccc2c(NCCCCCCl)ncnc2c1. The number of fused-ring (bicyclic) bond motifs is 1. The zero-order valence-corrected chi connectivity index (χ0v) is 10.8. The molecule has 0 radical (unpaired) electrons. The van der Waals surface area contributed by atoms with Gasteiger partial charge in [0.15, 0.2) is 0 Å². The first-order chi connectivity index (χ1) is 8.81. The summed E-state index contributed by atoms with van der Waals surface area (Å²) in [6.07, 6.45) is 4.61. The van der Waals surface area contributed by atoms with Crippen molar-refractivity contribution in [2.24, 2.45) is 0 Å². The van der Waals surface area contributed by atoms with Crippen LogP contribution in [0.5, 0.6) is 0 Å². The van der Waals surface area contributed by atoms with Crippen LogP contribution >= 0.6 is 11.6 Å². The zero-order valence-electron chi connectivity index (χ0n) is 10.00. The molecule has 96 valence electrons. The van der Waals surface area contributed by atoms with Gasteiger partial charge in [-0.25, -0.2) is 14.4 Å². The topological polar surface area (TPSA) is 37.8 Å². The minimum atomic E-state index is -0.283. The summed E-state index contributed by atoms with van der Waals surface area (Å²) in [5.41, 5.74) is 0.619. The van der Waals surface area contributed by atoms with Crippen LogP contribution in [0.25, 0.3) is 10.9 Å². The minimum absolute atomic E-state index is 0.283. The van der Waals surface area contributed by atoms with Gasteiger partial charge in [-0.15, -0.1) is 11.6 Å². The summed E-state index contributed by atoms with van der Waals surface area (Å²) in [6.45, 7) is 0.834. The van der Waals surface area contributed by atoms with Gasteiger partial charge < -0.3 is 5.32 Å². The minimum Gasteiger partial charge on any atom is -0.369 e. The predicted molar refractivity (Wildman–Crippen MR) is 72.6 cm³/mol. The number of nitrogens with zero attached hydrogens (tertiary/aromatic N) is 2. The molecule has 18 heavy (non-hydrogen) atoms. The summed E-state index contributed by atoms with van der Waals surface area (Å²) in [6, 6.07) is 4.53. The normalized spacial score (nSPS) is 10.8. The summed E-state index contributed by atoms with van der Waals surface area (Å²) in [4.78, 5) is 8.24. The van der Waals surface area contributed by atoms with Gasteiger partial charge in [-0.3, -0.25) is 0 Å². The largest absolute Gasteiger partial charge is 0.369 e. The Bertz CT molecular complexity index is 519. The van der Waals surface area contributed by atoms with E-state index in [0.29, 0.717) is 11.4 Å². The van der Waals surface area contributed by atoms with Crippen LogP contribution in [0, 0.1) is 5.82 Å². The fraction of sp³-hybridized carbons (Fsp3) is 0.385. The van der Waals surface area contributed by atoms with Crippen LogP contribution in [0.2, 0.25) is 0 Å². The highest BCUT2D eigenvalue weighted by Gasteiger charge is 2.03. The summed E-state index contributed by atoms with van der Waals surface area (Å²) >= 11 is 5.61. The van der Waals surface area contributed by atoms with Gasteiger partial charge in [0.05, 0.1) is 5.52 Å². The maximum atomic E-state index is 13.1. The monoisotopic (exact) mass is 267 g/mol. The Balaban J connectivity index is 2.04. The van der Waals surface area contributed by atoms with E-state index in [0.717, 1.165) is 37.0 Å². The molecule has 0 saturated carbocycles. The second-order valence-electron chi connectivity index (χ2n) is 4.06. The third-order valence-corrected chi connectivity index (χ3v) is 2.97. The van der Waals surface area contributed by atoms with E-state index in [1.807, 2.05) is 0 Å². The van der Waals surface area contributed by atoms with Gasteiger partial charge >= 0.3 is 0 Å². The predicted octanol–water partition coefficient (Wildman–Crippen LogP) is 3.59. The summed E-state index contributed by atoms with van der Waals surface area (Å²) in [5, 5.41) is 4.09. The Morgan fingerprint density at radius 2 is 2.06 bits per heavy atom. The van der Waals surface area contributed by atoms with Crippen molar-refractivity contribution < 1.29 is 4.39 Å². The van der Waals surface area contributed by atoms with Crippen LogP contribution in [0.4, 0.5) is 10.2 Å². The third-order valence-electron chi connectivity index (χ3n) is 2.70. The molecule has 0 aliphatic carbocycles. The number of benzene rings is 1. The molecule has 3 nitrogen and oxygen atoms in total. The molecule has 0 bridgehead atoms. The molecule has 0 fully saturated rings. The Morgan fingerprint density at radius 3 is 2.89 bits per heavy atom. The molecule has 0 aliphatic heterocycles. The first-order valence-electron chi connectivity index (χ1n) is 6.01. The highest BCUT2D eigenvalue weighted by atomic mass is 35.5. The highest BCUT2D eigenvalue weighted by molar-refractivity contribution is 6.17. The molecule has 5 heteroatoms. The Hall–Kier alpha value is -1.42. The molecule has 1 N–H and O–H groups in total. The maximum Gasteiger partial charge on any atom is 0.137 e. The van der Waals surface area contributed by atoms with Crippen LogP contribution in [-0.4, -0.2) is 22.4 Å². The van der Waals surface area contributed by atoms with Gasteiger partial charge in [-0.2, -0.15) is 0 Å². The summed E-state index contributed by atoms with van der Waals surface area (Å²) in [7, 11) is 0. The molecule has 0 saturated heterocycles. The number of rotatable bonds is 6. The average Bonchev–Trinajstić information content (AvgIpc) is 2.38. The first-order valence-corrected chi connectivity index (χ1v) is 6.55. The average molecular weight is 268 g/mol. The van der Waals surface area contributed by atoms with Gasteiger partial charge in [-0.1, -0.05) is 6.42 Å². The van der Waals surface area contributed by atoms with E-state index < -0.39 is 0 Å². The number of alkyl halides is 1. The van der Waals surface area contributed by atoms with E-state index in [4.69, 9.17) is 11.6 Å². The summed E-state index contributed by atoms with van der Waals surface area (Å²) in [5.74, 6) is 1.18. The van der Waals surface area contributed by atoms with Crippen molar-refractivity contribution in [1.82, 2.24) is 9.97 Å². The lowest BCUT2D eigenvalue weighted by atomic mass is 10.2. The number of nitrogens with one attached hydrogen (secondary N) is 1. The number of hydrogen-bond donors (Lipinski definition) is 1. The van der Waals surface area contributed by atoms with Gasteiger partial charge in [0, 0.05) is 23.9 Å². The molecule has 0 aliphatic rings. The van der Waals surface area contributed by atoms with Crippen LogP contribution < -0.4 is 5.32 Å². The number of hydrogen-bond acceptors (Lipinski definition) is 3. The van der Waals surface area contributed by atoms with Crippen LogP contribution in [0.1, 0.15) is 19.3 Å². The molecule has 0 atom stereocenters. The molecule has 1 aromatic heterocycles. The molecule has 2 rings (SSSR count). The van der Waals surface area contributed by atoms with Crippen molar-refractivity contribution in [2.75, 3.05) is 17.7 Å². The van der Waals surface area contributed by atoms with E-state index in [1.165, 1.54) is 18.5 Å². The maximum absolute atomic E-state index is 13.1. The van der Waals surface area contributed by atoms with E-state index in [1.54, 1.807) is 6.07 Å². The van der Waals surface area contributed by atoms with Gasteiger partial charge in [0.1, 0.15) is 18.0 Å². The molecule has 1 heterocycles. The number of halogens is 2. The Morgan fingerprint density at radius 1 is 1.17 bits per heavy atom.